The number of nitrogens with zero attached hydrogens (tertiary/aromatic N) is 2. The maximum Gasteiger partial charge on any atom is 0.243 e. The molecular formula is C16H25IN4O2S. The minimum absolute atomic E-state index is 0. The summed E-state index contributed by atoms with van der Waals surface area (Å²) in [6.45, 7) is 3.70. The zero-order valence-electron chi connectivity index (χ0n) is 13.7. The van der Waals surface area contributed by atoms with Crippen molar-refractivity contribution in [1.82, 2.24) is 14.9 Å². The van der Waals surface area contributed by atoms with Crippen molar-refractivity contribution in [3.63, 3.8) is 0 Å². The lowest BCUT2D eigenvalue weighted by molar-refractivity contribution is 0.346. The van der Waals surface area contributed by atoms with Gasteiger partial charge in [-0.3, -0.25) is 4.99 Å². The molecule has 1 saturated heterocycles. The molecule has 0 saturated carbocycles. The van der Waals surface area contributed by atoms with Gasteiger partial charge in [0, 0.05) is 32.7 Å². The van der Waals surface area contributed by atoms with Crippen LogP contribution in [0.1, 0.15) is 31.2 Å². The number of aliphatic imine (C=N–C) groups is 1. The van der Waals surface area contributed by atoms with Crippen molar-refractivity contribution in [1.29, 1.82) is 0 Å². The van der Waals surface area contributed by atoms with Crippen LogP contribution in [-0.2, 0) is 16.6 Å². The maximum atomic E-state index is 12.6. The Morgan fingerprint density at radius 2 is 1.79 bits per heavy atom. The summed E-state index contributed by atoms with van der Waals surface area (Å²) < 4.78 is 26.8. The molecule has 1 aromatic rings. The molecule has 0 radical (unpaired) electrons. The zero-order valence-corrected chi connectivity index (χ0v) is 16.8. The molecule has 8 heteroatoms. The molecule has 3 rings (SSSR count). The highest BCUT2D eigenvalue weighted by atomic mass is 127. The Morgan fingerprint density at radius 1 is 1.08 bits per heavy atom. The fourth-order valence-corrected chi connectivity index (χ4v) is 4.39. The van der Waals surface area contributed by atoms with Gasteiger partial charge < -0.3 is 10.6 Å². The van der Waals surface area contributed by atoms with E-state index in [1.807, 2.05) is 12.1 Å². The third kappa shape index (κ3) is 4.82. The van der Waals surface area contributed by atoms with Gasteiger partial charge in [0.05, 0.1) is 4.90 Å². The Balaban J connectivity index is 0.00000208. The maximum absolute atomic E-state index is 12.6. The van der Waals surface area contributed by atoms with Gasteiger partial charge in [0.1, 0.15) is 0 Å². The molecule has 2 aliphatic heterocycles. The number of rotatable bonds is 4. The van der Waals surface area contributed by atoms with E-state index in [1.54, 1.807) is 16.4 Å². The third-order valence-electron chi connectivity index (χ3n) is 4.23. The Bertz CT molecular complexity index is 655. The largest absolute Gasteiger partial charge is 0.356 e. The molecule has 24 heavy (non-hydrogen) atoms. The Morgan fingerprint density at radius 3 is 2.42 bits per heavy atom. The average molecular weight is 464 g/mol. The van der Waals surface area contributed by atoms with Crippen LogP contribution in [0.2, 0.25) is 0 Å². The first-order valence-electron chi connectivity index (χ1n) is 8.27. The summed E-state index contributed by atoms with van der Waals surface area (Å²) in [5.74, 6) is 0.821. The molecule has 2 aliphatic rings. The third-order valence-corrected chi connectivity index (χ3v) is 6.15. The van der Waals surface area contributed by atoms with Crippen LogP contribution in [0.25, 0.3) is 0 Å². The Labute approximate surface area is 161 Å². The molecule has 0 amide bonds. The van der Waals surface area contributed by atoms with Crippen LogP contribution in [-0.4, -0.2) is 44.9 Å². The van der Waals surface area contributed by atoms with Gasteiger partial charge >= 0.3 is 0 Å². The summed E-state index contributed by atoms with van der Waals surface area (Å²) in [4.78, 5) is 4.74. The van der Waals surface area contributed by atoms with Crippen LogP contribution in [0.4, 0.5) is 0 Å². The summed E-state index contributed by atoms with van der Waals surface area (Å²) in [7, 11) is -3.34. The highest BCUT2D eigenvalue weighted by Gasteiger charge is 2.25. The first-order valence-corrected chi connectivity index (χ1v) is 9.71. The van der Waals surface area contributed by atoms with Crippen molar-refractivity contribution in [2.75, 3.05) is 26.2 Å². The predicted octanol–water partition coefficient (Wildman–Crippen LogP) is 1.92. The van der Waals surface area contributed by atoms with Crippen LogP contribution < -0.4 is 10.6 Å². The van der Waals surface area contributed by atoms with Gasteiger partial charge in [0.25, 0.3) is 0 Å². The highest BCUT2D eigenvalue weighted by Crippen LogP contribution is 2.20. The van der Waals surface area contributed by atoms with Crippen LogP contribution in [0, 0.1) is 0 Å². The van der Waals surface area contributed by atoms with E-state index < -0.39 is 10.0 Å². The number of halogens is 1. The second kappa shape index (κ2) is 9.00. The Kier molecular flexibility index (Phi) is 7.30. The lowest BCUT2D eigenvalue weighted by Crippen LogP contribution is -2.40. The zero-order chi connectivity index (χ0) is 16.1. The van der Waals surface area contributed by atoms with E-state index in [4.69, 9.17) is 0 Å². The fraction of sp³-hybridized carbons (Fsp3) is 0.562. The normalized spacial score (nSPS) is 18.9. The molecule has 0 spiro atoms. The second-order valence-corrected chi connectivity index (χ2v) is 7.91. The highest BCUT2D eigenvalue weighted by molar-refractivity contribution is 14.0. The summed E-state index contributed by atoms with van der Waals surface area (Å²) in [6.07, 6.45) is 4.09. The molecule has 2 N–H and O–H groups in total. The monoisotopic (exact) mass is 464 g/mol. The smallest absolute Gasteiger partial charge is 0.243 e. The number of hydrogen-bond donors (Lipinski definition) is 2. The Hall–Kier alpha value is -0.870. The topological polar surface area (TPSA) is 73.8 Å². The van der Waals surface area contributed by atoms with Gasteiger partial charge in [-0.2, -0.15) is 4.31 Å². The van der Waals surface area contributed by atoms with Crippen LogP contribution in [0.15, 0.2) is 34.2 Å². The molecule has 2 heterocycles. The second-order valence-electron chi connectivity index (χ2n) is 5.97. The van der Waals surface area contributed by atoms with Gasteiger partial charge in [-0.15, -0.1) is 24.0 Å². The minimum atomic E-state index is -3.34. The van der Waals surface area contributed by atoms with E-state index in [0.717, 1.165) is 50.3 Å². The fourth-order valence-electron chi connectivity index (χ4n) is 2.87. The van der Waals surface area contributed by atoms with Crippen molar-refractivity contribution in [3.05, 3.63) is 29.8 Å². The lowest BCUT2D eigenvalue weighted by Gasteiger charge is -2.25. The van der Waals surface area contributed by atoms with Crippen LogP contribution in [0.3, 0.4) is 0 Å². The summed E-state index contributed by atoms with van der Waals surface area (Å²) in [5, 5.41) is 6.44. The van der Waals surface area contributed by atoms with E-state index >= 15 is 0 Å². The number of benzene rings is 1. The number of piperidine rings is 1. The number of hydrogen-bond acceptors (Lipinski definition) is 5. The molecule has 6 nitrogen and oxygen atoms in total. The van der Waals surface area contributed by atoms with E-state index in [0.29, 0.717) is 24.5 Å². The lowest BCUT2D eigenvalue weighted by atomic mass is 10.2. The molecule has 1 fully saturated rings. The first-order chi connectivity index (χ1) is 11.2. The van der Waals surface area contributed by atoms with Crippen molar-refractivity contribution < 1.29 is 8.42 Å². The van der Waals surface area contributed by atoms with E-state index in [9.17, 15) is 8.42 Å². The molecule has 134 valence electrons. The number of nitrogens with one attached hydrogen (secondary N) is 2. The van der Waals surface area contributed by atoms with Gasteiger partial charge in [-0.25, -0.2) is 8.42 Å². The standard InChI is InChI=1S/C16H24N4O2S.HI/c21-23(22,20-11-2-1-3-12-20)15-7-5-14(6-8-15)13-19-16-17-9-4-10-18-16;/h5-8H,1-4,9-13H2,(H2,17,18,19);1H. The SMILES string of the molecule is I.O=S(=O)(c1ccc(CNC2=NCCCN2)cc1)N1CCCCC1. The first kappa shape index (κ1) is 19.5. The summed E-state index contributed by atoms with van der Waals surface area (Å²) in [6, 6.07) is 7.15. The quantitative estimate of drug-likeness (QED) is 0.668. The molecule has 0 bridgehead atoms. The van der Waals surface area contributed by atoms with E-state index in [-0.39, 0.29) is 24.0 Å². The van der Waals surface area contributed by atoms with Gasteiger partial charge in [0.2, 0.25) is 10.0 Å². The van der Waals surface area contributed by atoms with Crippen molar-refractivity contribution >= 4 is 40.0 Å². The summed E-state index contributed by atoms with van der Waals surface area (Å²) >= 11 is 0. The molecular weight excluding hydrogens is 439 g/mol. The molecule has 0 aromatic heterocycles. The van der Waals surface area contributed by atoms with Crippen molar-refractivity contribution in [3.8, 4) is 0 Å². The van der Waals surface area contributed by atoms with E-state index in [1.165, 1.54) is 0 Å². The van der Waals surface area contributed by atoms with Crippen LogP contribution in [0.5, 0.6) is 0 Å². The van der Waals surface area contributed by atoms with Crippen molar-refractivity contribution in [2.45, 2.75) is 37.1 Å². The molecule has 0 atom stereocenters. The van der Waals surface area contributed by atoms with Gasteiger partial charge in [-0.05, 0) is 37.0 Å². The summed E-state index contributed by atoms with van der Waals surface area (Å²) in [5.41, 5.74) is 1.04. The molecule has 0 aliphatic carbocycles. The molecule has 1 aromatic carbocycles. The predicted molar refractivity (Wildman–Crippen MR) is 106 cm³/mol. The number of guanidine groups is 1. The van der Waals surface area contributed by atoms with E-state index in [2.05, 4.69) is 15.6 Å². The van der Waals surface area contributed by atoms with Gasteiger partial charge in [0.15, 0.2) is 5.96 Å². The molecule has 0 unspecified atom stereocenters. The number of sulfonamides is 1. The minimum Gasteiger partial charge on any atom is -0.356 e. The van der Waals surface area contributed by atoms with Crippen LogP contribution >= 0.6 is 24.0 Å². The van der Waals surface area contributed by atoms with Crippen molar-refractivity contribution in [2.24, 2.45) is 4.99 Å². The van der Waals surface area contributed by atoms with Gasteiger partial charge in [-0.1, -0.05) is 18.6 Å². The average Bonchev–Trinajstić information content (AvgIpc) is 2.62.